The molecule has 3 heterocycles. The van der Waals surface area contributed by atoms with Crippen LogP contribution in [0.3, 0.4) is 0 Å². The Morgan fingerprint density at radius 2 is 0.965 bits per heavy atom. The van der Waals surface area contributed by atoms with Crippen molar-refractivity contribution in [3.8, 4) is 11.5 Å². The van der Waals surface area contributed by atoms with Gasteiger partial charge in [0.2, 0.25) is 11.5 Å². The van der Waals surface area contributed by atoms with Gasteiger partial charge in [0.05, 0.1) is 25.2 Å². The number of hydrogen-bond acceptors (Lipinski definition) is 6. The first-order valence-electron chi connectivity index (χ1n) is 24.5. The third-order valence-corrected chi connectivity index (χ3v) is 14.6. The molecule has 3 atom stereocenters. The lowest BCUT2D eigenvalue weighted by Crippen LogP contribution is -2.70. The van der Waals surface area contributed by atoms with Crippen molar-refractivity contribution in [2.45, 2.75) is 208 Å². The second kappa shape index (κ2) is 21.4. The van der Waals surface area contributed by atoms with Crippen molar-refractivity contribution in [2.24, 2.45) is 0 Å². The fourth-order valence-electron chi connectivity index (χ4n) is 11.0. The minimum atomic E-state index is 0.0711. The Hall–Kier alpha value is -2.16. The Morgan fingerprint density at radius 1 is 0.561 bits per heavy atom. The molecule has 1 saturated heterocycles. The molecule has 2 fully saturated rings. The third-order valence-electron chi connectivity index (χ3n) is 14.6. The van der Waals surface area contributed by atoms with Gasteiger partial charge in [0.15, 0.2) is 5.03 Å². The molecule has 0 N–H and O–H groups in total. The highest BCUT2D eigenvalue weighted by Crippen LogP contribution is 2.52. The van der Waals surface area contributed by atoms with E-state index in [0.717, 1.165) is 63.6 Å². The molecule has 1 aliphatic carbocycles. The summed E-state index contributed by atoms with van der Waals surface area (Å²) in [4.78, 5) is 20.2. The number of hydrogen-bond donors (Lipinski definition) is 0. The summed E-state index contributed by atoms with van der Waals surface area (Å²) >= 11 is 0. The van der Waals surface area contributed by atoms with Gasteiger partial charge in [-0.1, -0.05) is 119 Å². The first-order valence-corrected chi connectivity index (χ1v) is 24.5. The molecule has 7 heteroatoms. The van der Waals surface area contributed by atoms with Crippen molar-refractivity contribution in [3.05, 3.63) is 57.6 Å². The van der Waals surface area contributed by atoms with E-state index in [2.05, 4.69) is 99.5 Å². The largest absolute Gasteiger partial charge is 0.304 e. The maximum atomic E-state index is 7.50. The molecule has 1 spiro atoms. The zero-order valence-electron chi connectivity index (χ0n) is 38.1. The summed E-state index contributed by atoms with van der Waals surface area (Å²) in [7, 11) is 0. The zero-order chi connectivity index (χ0) is 40.4. The van der Waals surface area contributed by atoms with E-state index in [1.54, 1.807) is 5.56 Å². The molecule has 0 radical (unpaired) electrons. The fraction of sp³-hybridized carbons (Fsp3) is 0.760. The Balaban J connectivity index is 1.34. The Labute approximate surface area is 349 Å². The van der Waals surface area contributed by atoms with Crippen LogP contribution >= 0.6 is 0 Å². The van der Waals surface area contributed by atoms with Gasteiger partial charge in [0, 0.05) is 22.3 Å². The van der Waals surface area contributed by atoms with Gasteiger partial charge < -0.3 is 9.80 Å². The number of aryl methyl sites for hydroxylation is 2. The monoisotopic (exact) mass is 787 g/mol. The number of benzene rings is 2. The zero-order valence-corrected chi connectivity index (χ0v) is 38.1. The van der Waals surface area contributed by atoms with Crippen LogP contribution in [0, 0.1) is 0 Å². The fourth-order valence-corrected chi connectivity index (χ4v) is 11.0. The minimum Gasteiger partial charge on any atom is -0.304 e. The molecule has 0 aromatic heterocycles. The van der Waals surface area contributed by atoms with Crippen LogP contribution in [-0.4, -0.2) is 76.2 Å². The van der Waals surface area contributed by atoms with E-state index < -0.39 is 0 Å². The Morgan fingerprint density at radius 3 is 1.33 bits per heavy atom. The second-order valence-corrected chi connectivity index (χ2v) is 18.1. The molecule has 4 aliphatic rings. The van der Waals surface area contributed by atoms with Crippen molar-refractivity contribution in [1.29, 1.82) is 0 Å². The normalized spacial score (nSPS) is 21.8. The maximum Gasteiger partial charge on any atom is 0.209 e. The summed E-state index contributed by atoms with van der Waals surface area (Å²) in [6.07, 6.45) is 22.4. The number of fused-ring (bicyclic) bond motifs is 5. The van der Waals surface area contributed by atoms with Gasteiger partial charge in [-0.05, 0) is 149 Å². The van der Waals surface area contributed by atoms with Gasteiger partial charge in [-0.15, -0.1) is 0 Å². The molecular weight excluding hydrogens is 703 g/mol. The average Bonchev–Trinajstić information content (AvgIpc) is 3.51. The number of unbranched alkanes of at least 4 members (excludes halogenated alkanes) is 4. The molecule has 6 rings (SSSR count). The Bertz CT molecular complexity index is 1510. The van der Waals surface area contributed by atoms with E-state index in [-0.39, 0.29) is 5.03 Å². The summed E-state index contributed by atoms with van der Waals surface area (Å²) in [5, 5.41) is 5.32. The maximum absolute atomic E-state index is 7.50. The quantitative estimate of drug-likeness (QED) is 0.0778. The van der Waals surface area contributed by atoms with Crippen LogP contribution in [0.5, 0.6) is 11.5 Å². The molecule has 0 amide bonds. The first kappa shape index (κ1) is 44.4. The predicted octanol–water partition coefficient (Wildman–Crippen LogP) is 12.3. The molecule has 2 aromatic carbocycles. The first-order chi connectivity index (χ1) is 27.9. The minimum absolute atomic E-state index is 0.0711. The van der Waals surface area contributed by atoms with Crippen LogP contribution in [0.15, 0.2) is 24.3 Å². The molecule has 320 valence electrons. The van der Waals surface area contributed by atoms with Crippen molar-refractivity contribution in [3.63, 3.8) is 0 Å². The van der Waals surface area contributed by atoms with Gasteiger partial charge in [-0.25, -0.2) is 9.68 Å². The standard InChI is InChI=1S/C50H84N5O2/c1-9-17-19-25-41(26-20-18-10-2)43-33-39(11-3)49-45(35-43)37-53-47-29-21-22-30-48(47)54-38-46-36-44(34-40(12-4)50(46)57-55(53,54)56-49)42(27-23-31-51(13-5)14-6)28-24-32-52(15-7)16-8/h33-36,41-42,47-48H,9-32,37-38H2,1-8H3/q+1. The smallest absolute Gasteiger partial charge is 0.209 e. The lowest BCUT2D eigenvalue weighted by Gasteiger charge is -2.44. The topological polar surface area (TPSA) is 31.4 Å². The third kappa shape index (κ3) is 9.91. The Kier molecular flexibility index (Phi) is 16.7. The van der Waals surface area contributed by atoms with Crippen molar-refractivity contribution in [1.82, 2.24) is 19.8 Å². The van der Waals surface area contributed by atoms with Crippen LogP contribution in [0.4, 0.5) is 0 Å². The van der Waals surface area contributed by atoms with Crippen LogP contribution in [-0.2, 0) is 25.9 Å². The summed E-state index contributed by atoms with van der Waals surface area (Å²) in [6.45, 7) is 27.2. The van der Waals surface area contributed by atoms with Crippen molar-refractivity contribution < 1.29 is 14.7 Å². The molecule has 57 heavy (non-hydrogen) atoms. The second-order valence-electron chi connectivity index (χ2n) is 18.1. The summed E-state index contributed by atoms with van der Waals surface area (Å²) in [5.74, 6) is 3.37. The van der Waals surface area contributed by atoms with E-state index in [1.165, 1.54) is 144 Å². The molecule has 2 aromatic rings. The molecular formula is C50H84N5O2+. The van der Waals surface area contributed by atoms with Crippen LogP contribution < -0.4 is 9.68 Å². The van der Waals surface area contributed by atoms with E-state index in [9.17, 15) is 0 Å². The summed E-state index contributed by atoms with van der Waals surface area (Å²) in [6, 6.07) is 11.1. The van der Waals surface area contributed by atoms with E-state index >= 15 is 0 Å². The number of quaternary nitrogens is 1. The summed E-state index contributed by atoms with van der Waals surface area (Å²) < 4.78 is 0. The van der Waals surface area contributed by atoms with Crippen LogP contribution in [0.1, 0.15) is 203 Å². The molecule has 1 saturated carbocycles. The van der Waals surface area contributed by atoms with Gasteiger partial charge in [-0.2, -0.15) is 0 Å². The number of rotatable bonds is 24. The molecule has 7 nitrogen and oxygen atoms in total. The lowest BCUT2D eigenvalue weighted by atomic mass is 9.85. The highest BCUT2D eigenvalue weighted by atomic mass is 17.1. The van der Waals surface area contributed by atoms with E-state index in [0.29, 0.717) is 23.9 Å². The SMILES string of the molecule is CCCCCC(CCCCC)c1cc(CC)c2c(c1)CN1C3CCCCC3N3Cc4cc(C(CCCN(CC)CC)CCCN(CC)CC)cc(CC)c4O[N+]13O2. The van der Waals surface area contributed by atoms with Crippen molar-refractivity contribution >= 4 is 0 Å². The molecule has 3 aliphatic heterocycles. The summed E-state index contributed by atoms with van der Waals surface area (Å²) in [5.41, 5.74) is 8.56. The van der Waals surface area contributed by atoms with Gasteiger partial charge in [-0.3, -0.25) is 0 Å². The number of nitrogens with zero attached hydrogens (tertiary/aromatic N) is 5. The molecule has 0 bridgehead atoms. The lowest BCUT2D eigenvalue weighted by molar-refractivity contribution is -1.35. The predicted molar refractivity (Wildman–Crippen MR) is 238 cm³/mol. The van der Waals surface area contributed by atoms with E-state index in [4.69, 9.17) is 9.68 Å². The van der Waals surface area contributed by atoms with Crippen LogP contribution in [0.2, 0.25) is 0 Å². The molecule has 3 unspecified atom stereocenters. The van der Waals surface area contributed by atoms with Gasteiger partial charge in [0.1, 0.15) is 0 Å². The highest BCUT2D eigenvalue weighted by molar-refractivity contribution is 5.48. The average molecular weight is 787 g/mol. The van der Waals surface area contributed by atoms with E-state index in [1.807, 2.05) is 0 Å². The van der Waals surface area contributed by atoms with Gasteiger partial charge >= 0.3 is 0 Å². The van der Waals surface area contributed by atoms with Gasteiger partial charge in [0.25, 0.3) is 0 Å². The highest BCUT2D eigenvalue weighted by Gasteiger charge is 2.69. The van der Waals surface area contributed by atoms with Crippen molar-refractivity contribution in [2.75, 3.05) is 39.3 Å². The van der Waals surface area contributed by atoms with Crippen LogP contribution in [0.25, 0.3) is 0 Å².